The van der Waals surface area contributed by atoms with Gasteiger partial charge in [0.15, 0.2) is 6.29 Å². The van der Waals surface area contributed by atoms with Gasteiger partial charge in [-0.1, -0.05) is 6.07 Å². The number of fused-ring (bicyclic) bond motifs is 3. The maximum Gasteiger partial charge on any atom is 0.243 e. The van der Waals surface area contributed by atoms with Crippen molar-refractivity contribution in [3.8, 4) is 5.75 Å². The topological polar surface area (TPSA) is 98.3 Å². The van der Waals surface area contributed by atoms with Gasteiger partial charge in [0.05, 0.1) is 17.8 Å². The first kappa shape index (κ1) is 28.3. The lowest BCUT2D eigenvalue weighted by Crippen LogP contribution is -2.59. The van der Waals surface area contributed by atoms with E-state index in [9.17, 15) is 14.4 Å². The molecule has 4 aliphatic heterocycles. The number of rotatable bonds is 7. The summed E-state index contributed by atoms with van der Waals surface area (Å²) >= 11 is 0. The highest BCUT2D eigenvalue weighted by molar-refractivity contribution is 6.00. The van der Waals surface area contributed by atoms with E-state index in [-0.39, 0.29) is 23.9 Å². The van der Waals surface area contributed by atoms with Crippen LogP contribution in [-0.2, 0) is 16.1 Å². The maximum absolute atomic E-state index is 12.4. The van der Waals surface area contributed by atoms with Crippen molar-refractivity contribution in [3.05, 3.63) is 47.7 Å². The van der Waals surface area contributed by atoms with Crippen molar-refractivity contribution in [3.63, 3.8) is 0 Å². The minimum atomic E-state index is -0.389. The van der Waals surface area contributed by atoms with Gasteiger partial charge in [-0.05, 0) is 74.9 Å². The molecule has 3 saturated heterocycles. The van der Waals surface area contributed by atoms with Crippen LogP contribution in [0, 0.1) is 11.3 Å². The van der Waals surface area contributed by atoms with Gasteiger partial charge in [0.1, 0.15) is 18.2 Å². The summed E-state index contributed by atoms with van der Waals surface area (Å²) in [4.78, 5) is 50.0. The highest BCUT2D eigenvalue weighted by Gasteiger charge is 2.46. The zero-order valence-corrected chi connectivity index (χ0v) is 25.0. The van der Waals surface area contributed by atoms with E-state index in [0.717, 1.165) is 74.3 Å². The van der Waals surface area contributed by atoms with Gasteiger partial charge < -0.3 is 14.5 Å². The molecule has 2 amide bonds. The fourth-order valence-corrected chi connectivity index (χ4v) is 8.05. The molecular formula is C33H42N6O4. The first-order valence-corrected chi connectivity index (χ1v) is 15.8. The van der Waals surface area contributed by atoms with E-state index >= 15 is 0 Å². The highest BCUT2D eigenvalue weighted by atomic mass is 16.5. The second kappa shape index (κ2) is 11.5. The predicted molar refractivity (Wildman–Crippen MR) is 163 cm³/mol. The molecular weight excluding hydrogens is 544 g/mol. The normalized spacial score (nSPS) is 25.5. The van der Waals surface area contributed by atoms with Crippen molar-refractivity contribution >= 4 is 29.6 Å². The number of carbonyl (C=O) groups is 3. The highest BCUT2D eigenvalue weighted by Crippen LogP contribution is 2.47. The van der Waals surface area contributed by atoms with E-state index in [1.54, 1.807) is 0 Å². The number of likely N-dealkylation sites (N-methyl/N-ethyl adjacent to an activating group) is 1. The third-order valence-corrected chi connectivity index (χ3v) is 10.5. The van der Waals surface area contributed by atoms with E-state index in [0.29, 0.717) is 37.0 Å². The Morgan fingerprint density at radius 2 is 1.98 bits per heavy atom. The zero-order chi connectivity index (χ0) is 29.6. The minimum absolute atomic E-state index is 0.224. The van der Waals surface area contributed by atoms with E-state index in [2.05, 4.69) is 43.2 Å². The molecule has 10 nitrogen and oxygen atoms in total. The van der Waals surface area contributed by atoms with Gasteiger partial charge in [-0.25, -0.2) is 4.98 Å². The van der Waals surface area contributed by atoms with Crippen LogP contribution < -0.4 is 19.9 Å². The zero-order valence-electron chi connectivity index (χ0n) is 25.0. The Morgan fingerprint density at radius 1 is 1.14 bits per heavy atom. The first-order valence-electron chi connectivity index (χ1n) is 15.8. The number of benzene rings is 1. The lowest BCUT2D eigenvalue weighted by atomic mass is 9.66. The molecule has 4 fully saturated rings. The Balaban J connectivity index is 0.947. The molecule has 7 rings (SSSR count). The van der Waals surface area contributed by atoms with Crippen molar-refractivity contribution in [2.24, 2.45) is 11.3 Å². The molecule has 2 atom stereocenters. The fourth-order valence-electron chi connectivity index (χ4n) is 8.05. The summed E-state index contributed by atoms with van der Waals surface area (Å²) in [6, 6.07) is 9.99. The van der Waals surface area contributed by atoms with Crippen molar-refractivity contribution in [2.45, 2.75) is 57.2 Å². The molecule has 1 N–H and O–H groups in total. The van der Waals surface area contributed by atoms with Crippen LogP contribution in [0.15, 0.2) is 36.5 Å². The van der Waals surface area contributed by atoms with Gasteiger partial charge in [0, 0.05) is 69.4 Å². The molecule has 1 spiro atoms. The van der Waals surface area contributed by atoms with Gasteiger partial charge >= 0.3 is 0 Å². The number of anilines is 2. The van der Waals surface area contributed by atoms with Crippen molar-refractivity contribution in [1.29, 1.82) is 0 Å². The van der Waals surface area contributed by atoms with Crippen LogP contribution in [0.3, 0.4) is 0 Å². The number of piperidine rings is 1. The summed E-state index contributed by atoms with van der Waals surface area (Å²) in [7, 11) is 1.88. The van der Waals surface area contributed by atoms with Crippen LogP contribution in [0.5, 0.6) is 5.75 Å². The van der Waals surface area contributed by atoms with Crippen LogP contribution in [0.2, 0.25) is 0 Å². The largest absolute Gasteiger partial charge is 0.489 e. The number of amides is 2. The monoisotopic (exact) mass is 586 g/mol. The Bertz CT molecular complexity index is 1370. The van der Waals surface area contributed by atoms with Crippen LogP contribution in [0.25, 0.3) is 0 Å². The number of ether oxygens (including phenoxy) is 1. The Kier molecular flexibility index (Phi) is 7.59. The van der Waals surface area contributed by atoms with Crippen LogP contribution in [0.1, 0.15) is 54.4 Å². The number of pyridine rings is 1. The van der Waals surface area contributed by atoms with Crippen LogP contribution in [0.4, 0.5) is 11.5 Å². The number of nitrogens with zero attached hydrogens (tertiary/aromatic N) is 5. The number of hydrogen-bond acceptors (Lipinski definition) is 9. The summed E-state index contributed by atoms with van der Waals surface area (Å²) in [6.07, 6.45) is 8.81. The molecule has 5 heterocycles. The lowest BCUT2D eigenvalue weighted by molar-refractivity contribution is -0.137. The molecule has 0 radical (unpaired) electrons. The lowest BCUT2D eigenvalue weighted by Gasteiger charge is -2.54. The number of hydrogen-bond donors (Lipinski definition) is 1. The summed E-state index contributed by atoms with van der Waals surface area (Å²) < 4.78 is 6.22. The number of nitrogens with one attached hydrogen (secondary N) is 1. The van der Waals surface area contributed by atoms with Gasteiger partial charge in [0.2, 0.25) is 11.8 Å². The van der Waals surface area contributed by atoms with Crippen LogP contribution in [-0.4, -0.2) is 97.9 Å². The molecule has 5 aliphatic rings. The quantitative estimate of drug-likeness (QED) is 0.388. The minimum Gasteiger partial charge on any atom is -0.489 e. The summed E-state index contributed by atoms with van der Waals surface area (Å²) in [5.74, 6) is 2.13. The van der Waals surface area contributed by atoms with E-state index in [1.807, 2.05) is 30.3 Å². The summed E-state index contributed by atoms with van der Waals surface area (Å²) in [5.41, 5.74) is 2.98. The fraction of sp³-hybridized carbons (Fsp3) is 0.576. The average Bonchev–Trinajstić information content (AvgIpc) is 3.00. The van der Waals surface area contributed by atoms with Crippen molar-refractivity contribution < 1.29 is 19.1 Å². The molecule has 1 aliphatic carbocycles. The second-order valence-electron chi connectivity index (χ2n) is 13.4. The smallest absolute Gasteiger partial charge is 0.243 e. The number of aldehydes is 1. The predicted octanol–water partition coefficient (Wildman–Crippen LogP) is 2.71. The molecule has 10 heteroatoms. The van der Waals surface area contributed by atoms with E-state index < -0.39 is 0 Å². The van der Waals surface area contributed by atoms with E-state index in [4.69, 9.17) is 4.74 Å². The average molecular weight is 587 g/mol. The molecule has 0 bridgehead atoms. The summed E-state index contributed by atoms with van der Waals surface area (Å²) in [5, 5.41) is 2.44. The Labute approximate surface area is 253 Å². The maximum atomic E-state index is 12.4. The molecule has 43 heavy (non-hydrogen) atoms. The Hall–Kier alpha value is -3.50. The van der Waals surface area contributed by atoms with Crippen molar-refractivity contribution in [2.75, 3.05) is 62.7 Å². The molecule has 228 valence electrons. The summed E-state index contributed by atoms with van der Waals surface area (Å²) in [6.45, 7) is 7.44. The van der Waals surface area contributed by atoms with Crippen molar-refractivity contribution in [1.82, 2.24) is 20.1 Å². The Morgan fingerprint density at radius 3 is 2.72 bits per heavy atom. The standard InChI is InChI=1S/C33H42N6O4/c1-36(27-5-6-31(41)35-32(27)42)17-24-14-28-29(15-25(24)19-40)43-20-26-18-37(12-13-39(26)28)16-23-7-9-33(10-8-23)21-38(22-33)30-4-2-3-11-34-30/h2-4,11,14-15,19,23,26-27H,5-10,12-13,16-18,20-22H2,1H3,(H,35,41,42). The second-order valence-corrected chi connectivity index (χ2v) is 13.4. The molecule has 1 saturated carbocycles. The SMILES string of the molecule is CN(Cc1cc2c(cc1C=O)OCC1CN(CC3CCC4(CC3)CN(c3ccccn3)C4)CCN21)C1CCC(=O)NC1=O. The third kappa shape index (κ3) is 5.62. The molecule has 1 aromatic heterocycles. The number of imide groups is 1. The first-order chi connectivity index (χ1) is 20.9. The number of carbonyl (C=O) groups excluding carboxylic acids is 3. The molecule has 1 aromatic carbocycles. The van der Waals surface area contributed by atoms with E-state index in [1.165, 1.54) is 25.7 Å². The van der Waals surface area contributed by atoms with Gasteiger partial charge in [-0.2, -0.15) is 0 Å². The number of piperazine rings is 1. The third-order valence-electron chi connectivity index (χ3n) is 10.5. The van der Waals surface area contributed by atoms with Gasteiger partial charge in [-0.3, -0.25) is 29.5 Å². The van der Waals surface area contributed by atoms with Crippen LogP contribution >= 0.6 is 0 Å². The molecule has 2 unspecified atom stereocenters. The molecule has 2 aromatic rings. The van der Waals surface area contributed by atoms with Gasteiger partial charge in [0.25, 0.3) is 0 Å². The van der Waals surface area contributed by atoms with Gasteiger partial charge in [-0.15, -0.1) is 0 Å². The number of aromatic nitrogens is 1.